The number of nitrogens with one attached hydrogen (secondary N) is 2. The molecule has 0 spiro atoms. The third kappa shape index (κ3) is 2.90. The number of amides is 2. The van der Waals surface area contributed by atoms with E-state index in [2.05, 4.69) is 36.3 Å². The quantitative estimate of drug-likeness (QED) is 0.897. The Morgan fingerprint density at radius 1 is 1.43 bits per heavy atom. The molecule has 3 unspecified atom stereocenters. The number of fused-ring (bicyclic) bond motifs is 1. The molecule has 3 atom stereocenters. The summed E-state index contributed by atoms with van der Waals surface area (Å²) in [7, 11) is 2.04. The van der Waals surface area contributed by atoms with Crippen molar-refractivity contribution in [3.63, 3.8) is 0 Å². The summed E-state index contributed by atoms with van der Waals surface area (Å²) in [5.41, 5.74) is 1.91. The molecular weight excluding hydrogens is 290 g/mol. The second-order valence-corrected chi connectivity index (χ2v) is 7.21. The first-order chi connectivity index (χ1) is 10.9. The first-order valence-corrected chi connectivity index (χ1v) is 8.43. The van der Waals surface area contributed by atoms with Crippen LogP contribution in [0.15, 0.2) is 24.3 Å². The van der Waals surface area contributed by atoms with E-state index in [1.165, 1.54) is 0 Å². The van der Waals surface area contributed by atoms with Gasteiger partial charge in [0, 0.05) is 48.9 Å². The van der Waals surface area contributed by atoms with E-state index in [0.29, 0.717) is 5.92 Å². The fourth-order valence-corrected chi connectivity index (χ4v) is 3.93. The lowest BCUT2D eigenvalue weighted by Crippen LogP contribution is -2.67. The van der Waals surface area contributed by atoms with Gasteiger partial charge in [0.2, 0.25) is 0 Å². The second-order valence-electron chi connectivity index (χ2n) is 7.21. The molecule has 1 aliphatic heterocycles. The Bertz CT molecular complexity index is 587. The van der Waals surface area contributed by atoms with Gasteiger partial charge in [-0.3, -0.25) is 0 Å². The van der Waals surface area contributed by atoms with Crippen LogP contribution in [0.3, 0.4) is 0 Å². The van der Waals surface area contributed by atoms with E-state index in [9.17, 15) is 4.79 Å². The van der Waals surface area contributed by atoms with Crippen molar-refractivity contribution >= 4 is 17.4 Å². The van der Waals surface area contributed by atoms with Crippen LogP contribution in [0.1, 0.15) is 27.2 Å². The van der Waals surface area contributed by atoms with E-state index in [0.717, 1.165) is 30.9 Å². The molecule has 23 heavy (non-hydrogen) atoms. The summed E-state index contributed by atoms with van der Waals surface area (Å²) in [4.78, 5) is 14.5. The summed E-state index contributed by atoms with van der Waals surface area (Å²) in [6.07, 6.45) is 1.32. The van der Waals surface area contributed by atoms with Crippen molar-refractivity contribution in [2.24, 2.45) is 11.3 Å². The standard InChI is InChI=1S/C18H27N3O2/c1-5-21(4)13-8-6-7-12(11-13)19-17(22)20-15-14-9-10-23-16(14)18(15,2)3/h6-8,11,14-16H,5,9-10H2,1-4H3,(H2,19,20,22). The van der Waals surface area contributed by atoms with Gasteiger partial charge in [0.05, 0.1) is 6.10 Å². The van der Waals surface area contributed by atoms with Gasteiger partial charge in [-0.2, -0.15) is 0 Å². The van der Waals surface area contributed by atoms with Gasteiger partial charge in [-0.1, -0.05) is 19.9 Å². The van der Waals surface area contributed by atoms with Gasteiger partial charge >= 0.3 is 6.03 Å². The summed E-state index contributed by atoms with van der Waals surface area (Å²) in [5.74, 6) is 0.452. The smallest absolute Gasteiger partial charge is 0.319 e. The van der Waals surface area contributed by atoms with Crippen molar-refractivity contribution in [3.05, 3.63) is 24.3 Å². The zero-order valence-corrected chi connectivity index (χ0v) is 14.4. The third-order valence-corrected chi connectivity index (χ3v) is 5.41. The Morgan fingerprint density at radius 2 is 2.22 bits per heavy atom. The molecule has 1 saturated carbocycles. The number of rotatable bonds is 4. The molecule has 1 heterocycles. The topological polar surface area (TPSA) is 53.6 Å². The minimum absolute atomic E-state index is 0.00276. The van der Waals surface area contributed by atoms with Gasteiger partial charge in [0.1, 0.15) is 0 Å². The molecule has 0 radical (unpaired) electrons. The molecule has 126 valence electrons. The van der Waals surface area contributed by atoms with Crippen molar-refractivity contribution in [2.75, 3.05) is 30.4 Å². The van der Waals surface area contributed by atoms with Crippen LogP contribution in [-0.4, -0.2) is 38.4 Å². The Kier molecular flexibility index (Phi) is 4.23. The lowest BCUT2D eigenvalue weighted by atomic mass is 9.57. The van der Waals surface area contributed by atoms with Gasteiger partial charge in [-0.05, 0) is 31.5 Å². The van der Waals surface area contributed by atoms with Crippen LogP contribution in [0.2, 0.25) is 0 Å². The number of hydrogen-bond donors (Lipinski definition) is 2. The number of anilines is 2. The van der Waals surface area contributed by atoms with Crippen LogP contribution >= 0.6 is 0 Å². The molecule has 1 aromatic carbocycles. The highest BCUT2D eigenvalue weighted by atomic mass is 16.5. The van der Waals surface area contributed by atoms with Crippen molar-refractivity contribution in [3.8, 4) is 0 Å². The van der Waals surface area contributed by atoms with Crippen LogP contribution < -0.4 is 15.5 Å². The number of ether oxygens (including phenoxy) is 1. The minimum atomic E-state index is -0.135. The summed E-state index contributed by atoms with van der Waals surface area (Å²) >= 11 is 0. The molecular formula is C18H27N3O2. The number of hydrogen-bond acceptors (Lipinski definition) is 3. The molecule has 2 aliphatic rings. The molecule has 1 saturated heterocycles. The summed E-state index contributed by atoms with van der Waals surface area (Å²) in [5, 5.41) is 6.11. The fraction of sp³-hybridized carbons (Fsp3) is 0.611. The maximum atomic E-state index is 12.4. The highest BCUT2D eigenvalue weighted by Crippen LogP contribution is 2.52. The van der Waals surface area contributed by atoms with Gasteiger partial charge in [0.15, 0.2) is 0 Å². The Balaban J connectivity index is 1.62. The molecule has 3 rings (SSSR count). The predicted molar refractivity (Wildman–Crippen MR) is 93.0 cm³/mol. The van der Waals surface area contributed by atoms with Gasteiger partial charge < -0.3 is 20.3 Å². The molecule has 2 N–H and O–H groups in total. The molecule has 5 heteroatoms. The normalized spacial score (nSPS) is 27.7. The molecule has 0 bridgehead atoms. The summed E-state index contributed by atoms with van der Waals surface area (Å²) in [6, 6.07) is 7.96. The lowest BCUT2D eigenvalue weighted by molar-refractivity contribution is -0.107. The summed E-state index contributed by atoms with van der Waals surface area (Å²) < 4.78 is 5.77. The first kappa shape index (κ1) is 16.1. The van der Waals surface area contributed by atoms with Crippen LogP contribution in [0.25, 0.3) is 0 Å². The average Bonchev–Trinajstić information content (AvgIpc) is 2.99. The fourth-order valence-electron chi connectivity index (χ4n) is 3.93. The van der Waals surface area contributed by atoms with Crippen molar-refractivity contribution < 1.29 is 9.53 Å². The van der Waals surface area contributed by atoms with Crippen LogP contribution in [-0.2, 0) is 4.74 Å². The number of nitrogens with zero attached hydrogens (tertiary/aromatic N) is 1. The van der Waals surface area contributed by atoms with Gasteiger partial charge in [-0.15, -0.1) is 0 Å². The van der Waals surface area contributed by atoms with E-state index in [4.69, 9.17) is 4.74 Å². The average molecular weight is 317 g/mol. The molecule has 1 aliphatic carbocycles. The van der Waals surface area contributed by atoms with Crippen molar-refractivity contribution in [1.29, 1.82) is 0 Å². The van der Waals surface area contributed by atoms with Crippen molar-refractivity contribution in [2.45, 2.75) is 39.3 Å². The van der Waals surface area contributed by atoms with E-state index in [1.54, 1.807) is 0 Å². The Morgan fingerprint density at radius 3 is 2.96 bits per heavy atom. The lowest BCUT2D eigenvalue weighted by Gasteiger charge is -2.54. The predicted octanol–water partition coefficient (Wildman–Crippen LogP) is 3.08. The molecule has 2 amide bonds. The zero-order valence-electron chi connectivity index (χ0n) is 14.4. The second kappa shape index (κ2) is 6.04. The number of urea groups is 1. The first-order valence-electron chi connectivity index (χ1n) is 8.43. The summed E-state index contributed by atoms with van der Waals surface area (Å²) in [6.45, 7) is 8.17. The van der Waals surface area contributed by atoms with Gasteiger partial charge in [0.25, 0.3) is 0 Å². The molecule has 1 aromatic rings. The molecule has 0 aromatic heterocycles. The number of benzene rings is 1. The maximum absolute atomic E-state index is 12.4. The number of carbonyl (C=O) groups excluding carboxylic acids is 1. The van der Waals surface area contributed by atoms with Crippen LogP contribution in [0, 0.1) is 11.3 Å². The highest BCUT2D eigenvalue weighted by Gasteiger charge is 2.59. The maximum Gasteiger partial charge on any atom is 0.319 e. The van der Waals surface area contributed by atoms with Crippen LogP contribution in [0.5, 0.6) is 0 Å². The SMILES string of the molecule is CCN(C)c1cccc(NC(=O)NC2C3CCOC3C2(C)C)c1. The number of carbonyl (C=O) groups is 1. The Labute approximate surface area is 138 Å². The Hall–Kier alpha value is -1.75. The molecule has 5 nitrogen and oxygen atoms in total. The van der Waals surface area contributed by atoms with Crippen LogP contribution in [0.4, 0.5) is 16.2 Å². The molecule has 2 fully saturated rings. The largest absolute Gasteiger partial charge is 0.377 e. The van der Waals surface area contributed by atoms with E-state index in [-0.39, 0.29) is 23.6 Å². The monoisotopic (exact) mass is 317 g/mol. The zero-order chi connectivity index (χ0) is 16.6. The van der Waals surface area contributed by atoms with E-state index >= 15 is 0 Å². The minimum Gasteiger partial charge on any atom is -0.377 e. The highest BCUT2D eigenvalue weighted by molar-refractivity contribution is 5.90. The van der Waals surface area contributed by atoms with E-state index in [1.807, 2.05) is 31.3 Å². The van der Waals surface area contributed by atoms with E-state index < -0.39 is 0 Å². The third-order valence-electron chi connectivity index (χ3n) is 5.41. The van der Waals surface area contributed by atoms with Crippen molar-refractivity contribution in [1.82, 2.24) is 5.32 Å². The van der Waals surface area contributed by atoms with Gasteiger partial charge in [-0.25, -0.2) is 4.79 Å².